The quantitative estimate of drug-likeness (QED) is 0.509. The Bertz CT molecular complexity index is 937. The second kappa shape index (κ2) is 8.28. The number of aromatic nitrogens is 1. The van der Waals surface area contributed by atoms with Gasteiger partial charge >= 0.3 is 0 Å². The Morgan fingerprint density at radius 2 is 1.92 bits per heavy atom. The average molecular weight is 362 g/mol. The highest BCUT2D eigenvalue weighted by atomic mass is 32.1. The molecule has 0 saturated heterocycles. The Morgan fingerprint density at radius 3 is 2.54 bits per heavy atom. The van der Waals surface area contributed by atoms with Crippen molar-refractivity contribution in [3.05, 3.63) is 64.5 Å². The van der Waals surface area contributed by atoms with Crippen LogP contribution in [0.1, 0.15) is 17.5 Å². The first-order valence-corrected chi connectivity index (χ1v) is 9.04. The van der Waals surface area contributed by atoms with Gasteiger partial charge in [-0.15, -0.1) is 11.3 Å². The Balaban J connectivity index is 1.77. The zero-order valence-corrected chi connectivity index (χ0v) is 15.4. The number of anilines is 1. The molecule has 0 aliphatic heterocycles. The highest BCUT2D eigenvalue weighted by Crippen LogP contribution is 2.24. The van der Waals surface area contributed by atoms with Crippen molar-refractivity contribution in [2.75, 3.05) is 12.5 Å². The van der Waals surface area contributed by atoms with Gasteiger partial charge in [-0.05, 0) is 48.4 Å². The van der Waals surface area contributed by atoms with Crippen molar-refractivity contribution >= 4 is 22.7 Å². The van der Waals surface area contributed by atoms with Gasteiger partial charge in [0.15, 0.2) is 10.7 Å². The summed E-state index contributed by atoms with van der Waals surface area (Å²) in [6, 6.07) is 17.7. The fraction of sp³-hybridized carbons (Fsp3) is 0.150. The summed E-state index contributed by atoms with van der Waals surface area (Å²) in [6.07, 6.45) is 0.986. The number of nitriles is 1. The Kier molecular flexibility index (Phi) is 5.62. The third-order valence-electron chi connectivity index (χ3n) is 3.86. The molecular formula is C20H18N4OS. The molecule has 0 amide bonds. The molecule has 2 aromatic carbocycles. The maximum Gasteiger partial charge on any atom is 0.196 e. The number of hydrazone groups is 1. The number of benzene rings is 2. The first-order valence-electron chi connectivity index (χ1n) is 8.16. The lowest BCUT2D eigenvalue weighted by Gasteiger charge is -2.02. The summed E-state index contributed by atoms with van der Waals surface area (Å²) in [5.41, 5.74) is 7.05. The number of ether oxygens (including phenoxy) is 1. The highest BCUT2D eigenvalue weighted by molar-refractivity contribution is 7.12. The molecule has 0 radical (unpaired) electrons. The van der Waals surface area contributed by atoms with Crippen molar-refractivity contribution in [1.82, 2.24) is 4.98 Å². The van der Waals surface area contributed by atoms with E-state index in [2.05, 4.69) is 28.5 Å². The Labute approximate surface area is 156 Å². The molecule has 26 heavy (non-hydrogen) atoms. The van der Waals surface area contributed by atoms with Crippen molar-refractivity contribution in [1.29, 1.82) is 5.26 Å². The summed E-state index contributed by atoms with van der Waals surface area (Å²) < 4.78 is 5.17. The number of hydrogen-bond acceptors (Lipinski definition) is 6. The van der Waals surface area contributed by atoms with Gasteiger partial charge in [0.1, 0.15) is 11.8 Å². The zero-order valence-electron chi connectivity index (χ0n) is 14.6. The van der Waals surface area contributed by atoms with Crippen LogP contribution in [0.3, 0.4) is 0 Å². The molecule has 0 atom stereocenters. The van der Waals surface area contributed by atoms with Crippen LogP contribution in [0.5, 0.6) is 5.75 Å². The Hall–Kier alpha value is -3.17. The minimum atomic E-state index is 0.259. The summed E-state index contributed by atoms with van der Waals surface area (Å²) in [4.78, 5) is 4.53. The van der Waals surface area contributed by atoms with Crippen LogP contribution >= 0.6 is 11.3 Å². The van der Waals surface area contributed by atoms with Crippen LogP contribution < -0.4 is 10.2 Å². The highest BCUT2D eigenvalue weighted by Gasteiger charge is 2.10. The molecule has 3 rings (SSSR count). The van der Waals surface area contributed by atoms with Crippen LogP contribution in [0, 0.1) is 11.3 Å². The summed E-state index contributed by atoms with van der Waals surface area (Å²) in [6.45, 7) is 2.11. The summed E-state index contributed by atoms with van der Waals surface area (Å²) in [5, 5.41) is 16.1. The van der Waals surface area contributed by atoms with Crippen molar-refractivity contribution in [3.8, 4) is 23.1 Å². The fourth-order valence-electron chi connectivity index (χ4n) is 2.33. The molecular weight excluding hydrogens is 344 g/mol. The summed E-state index contributed by atoms with van der Waals surface area (Å²) in [7, 11) is 1.63. The van der Waals surface area contributed by atoms with Gasteiger partial charge in [-0.25, -0.2) is 4.98 Å². The van der Waals surface area contributed by atoms with Gasteiger partial charge in [-0.2, -0.15) is 10.4 Å². The maximum atomic E-state index is 9.42. The minimum Gasteiger partial charge on any atom is -0.497 e. The molecule has 0 saturated carbocycles. The van der Waals surface area contributed by atoms with Gasteiger partial charge in [0.25, 0.3) is 0 Å². The summed E-state index contributed by atoms with van der Waals surface area (Å²) in [5.74, 6) is 0.793. The Morgan fingerprint density at radius 1 is 1.19 bits per heavy atom. The van der Waals surface area contributed by atoms with Crippen LogP contribution in [0.4, 0.5) is 5.69 Å². The van der Waals surface area contributed by atoms with Gasteiger partial charge < -0.3 is 4.74 Å². The van der Waals surface area contributed by atoms with E-state index in [4.69, 9.17) is 4.74 Å². The van der Waals surface area contributed by atoms with Crippen molar-refractivity contribution in [3.63, 3.8) is 0 Å². The number of nitrogens with one attached hydrogen (secondary N) is 1. The monoisotopic (exact) mass is 362 g/mol. The normalized spacial score (nSPS) is 11.0. The predicted octanol–water partition coefficient (Wildman–Crippen LogP) is 4.72. The molecule has 5 nitrogen and oxygen atoms in total. The third-order valence-corrected chi connectivity index (χ3v) is 4.71. The minimum absolute atomic E-state index is 0.259. The average Bonchev–Trinajstić information content (AvgIpc) is 3.19. The van der Waals surface area contributed by atoms with Crippen LogP contribution in [0.2, 0.25) is 0 Å². The van der Waals surface area contributed by atoms with E-state index in [-0.39, 0.29) is 5.71 Å². The molecule has 1 heterocycles. The topological polar surface area (TPSA) is 70.3 Å². The van der Waals surface area contributed by atoms with Crippen molar-refractivity contribution in [2.24, 2.45) is 5.10 Å². The van der Waals surface area contributed by atoms with Gasteiger partial charge in [0.05, 0.1) is 18.5 Å². The second-order valence-corrected chi connectivity index (χ2v) is 6.36. The van der Waals surface area contributed by atoms with Crippen LogP contribution in [0.25, 0.3) is 11.3 Å². The van der Waals surface area contributed by atoms with E-state index in [1.54, 1.807) is 7.11 Å². The van der Waals surface area contributed by atoms with Crippen LogP contribution in [0.15, 0.2) is 59.0 Å². The molecule has 0 spiro atoms. The van der Waals surface area contributed by atoms with Crippen LogP contribution in [-0.2, 0) is 6.42 Å². The zero-order chi connectivity index (χ0) is 18.4. The fourth-order valence-corrected chi connectivity index (χ4v) is 3.10. The smallest absolute Gasteiger partial charge is 0.196 e. The molecule has 1 aromatic heterocycles. The van der Waals surface area contributed by atoms with E-state index in [0.717, 1.165) is 29.1 Å². The van der Waals surface area contributed by atoms with Gasteiger partial charge in [0.2, 0.25) is 0 Å². The van der Waals surface area contributed by atoms with E-state index in [1.807, 2.05) is 53.9 Å². The van der Waals surface area contributed by atoms with Crippen molar-refractivity contribution in [2.45, 2.75) is 13.3 Å². The van der Waals surface area contributed by atoms with Crippen LogP contribution in [-0.4, -0.2) is 17.8 Å². The van der Waals surface area contributed by atoms with Crippen molar-refractivity contribution < 1.29 is 4.74 Å². The molecule has 0 unspecified atom stereocenters. The lowest BCUT2D eigenvalue weighted by molar-refractivity contribution is 0.415. The molecule has 3 aromatic rings. The van der Waals surface area contributed by atoms with E-state index >= 15 is 0 Å². The van der Waals surface area contributed by atoms with E-state index in [9.17, 15) is 5.26 Å². The van der Waals surface area contributed by atoms with Gasteiger partial charge in [0, 0.05) is 10.9 Å². The standard InChI is InChI=1S/C20H18N4OS/c1-3-14-4-8-16(9-5-14)23-24-18(12-21)20-22-19(13-26-20)15-6-10-17(25-2)11-7-15/h4-11,13,23H,3H2,1-2H3/b24-18+. The van der Waals surface area contributed by atoms with E-state index in [1.165, 1.54) is 16.9 Å². The molecule has 1 N–H and O–H groups in total. The van der Waals surface area contributed by atoms with Gasteiger partial charge in [-0.3, -0.25) is 5.43 Å². The molecule has 6 heteroatoms. The molecule has 130 valence electrons. The number of aryl methyl sites for hydroxylation is 1. The lowest BCUT2D eigenvalue weighted by Crippen LogP contribution is -2.01. The lowest BCUT2D eigenvalue weighted by atomic mass is 10.2. The molecule has 0 fully saturated rings. The molecule has 0 aliphatic carbocycles. The van der Waals surface area contributed by atoms with E-state index < -0.39 is 0 Å². The third kappa shape index (κ3) is 4.08. The first-order chi connectivity index (χ1) is 12.7. The predicted molar refractivity (Wildman–Crippen MR) is 106 cm³/mol. The number of nitrogens with zero attached hydrogens (tertiary/aromatic N) is 3. The number of thiazole rings is 1. The first kappa shape index (κ1) is 17.6. The summed E-state index contributed by atoms with van der Waals surface area (Å²) >= 11 is 1.39. The SMILES string of the molecule is CCc1ccc(N/N=C(\C#N)c2nc(-c3ccc(OC)cc3)cs2)cc1. The van der Waals surface area contributed by atoms with E-state index in [0.29, 0.717) is 5.01 Å². The van der Waals surface area contributed by atoms with Gasteiger partial charge in [-0.1, -0.05) is 19.1 Å². The molecule has 0 bridgehead atoms. The maximum absolute atomic E-state index is 9.42. The number of hydrogen-bond donors (Lipinski definition) is 1. The largest absolute Gasteiger partial charge is 0.497 e. The number of methoxy groups -OCH3 is 1. The number of rotatable bonds is 6. The molecule has 0 aliphatic rings. The second-order valence-electron chi connectivity index (χ2n) is 5.50.